The molecule has 0 unspecified atom stereocenters. The SMILES string of the molecule is CCCCCCCCCCCCCCCCCCCCCC(=O)O[C@H](COC(=O)CCCCCCCCCCCCCCCCCCCCC(C)C)COC(=O)CCCCCCCCCC(C)C. The molecule has 0 N–H and O–H groups in total. The molecule has 0 aromatic heterocycles. The van der Waals surface area contributed by atoms with Crippen molar-refractivity contribution in [3.05, 3.63) is 0 Å². The fourth-order valence-electron chi connectivity index (χ4n) is 9.58. The molecule has 0 bridgehead atoms. The Morgan fingerprint density at radius 3 is 0.721 bits per heavy atom. The van der Waals surface area contributed by atoms with Crippen LogP contribution in [-0.2, 0) is 28.6 Å². The first-order valence-electron chi connectivity index (χ1n) is 30.7. The molecule has 6 nitrogen and oxygen atoms in total. The smallest absolute Gasteiger partial charge is 0.306 e. The molecular weight excluding hydrogens is 841 g/mol. The van der Waals surface area contributed by atoms with Crippen molar-refractivity contribution >= 4 is 17.9 Å². The van der Waals surface area contributed by atoms with Crippen molar-refractivity contribution < 1.29 is 28.6 Å². The van der Waals surface area contributed by atoms with Gasteiger partial charge in [-0.2, -0.15) is 0 Å². The standard InChI is InChI=1S/C62H120O6/c1-6-7-8-9-10-11-12-13-14-15-16-21-24-27-30-33-38-44-49-54-62(65)68-59(56-67-61(64)53-48-43-39-34-36-41-46-51-58(4)5)55-66-60(63)52-47-42-37-32-29-26-23-20-18-17-19-22-25-28-31-35-40-45-50-57(2)3/h57-59H,6-56H2,1-5H3/t59-/m1/s1. The number of carbonyl (C=O) groups is 3. The van der Waals surface area contributed by atoms with E-state index in [1.54, 1.807) is 0 Å². The molecule has 0 saturated carbocycles. The van der Waals surface area contributed by atoms with E-state index in [2.05, 4.69) is 34.6 Å². The van der Waals surface area contributed by atoms with E-state index < -0.39 is 6.10 Å². The van der Waals surface area contributed by atoms with Gasteiger partial charge in [0.15, 0.2) is 6.10 Å². The molecule has 0 spiro atoms. The Morgan fingerprint density at radius 2 is 0.485 bits per heavy atom. The van der Waals surface area contributed by atoms with Gasteiger partial charge in [0.25, 0.3) is 0 Å². The van der Waals surface area contributed by atoms with Crippen molar-refractivity contribution in [3.8, 4) is 0 Å². The summed E-state index contributed by atoms with van der Waals surface area (Å²) >= 11 is 0. The third kappa shape index (κ3) is 55.3. The number of unbranched alkanes of at least 4 members (excludes halogenated alkanes) is 41. The van der Waals surface area contributed by atoms with Gasteiger partial charge >= 0.3 is 17.9 Å². The molecule has 0 amide bonds. The highest BCUT2D eigenvalue weighted by Gasteiger charge is 2.19. The lowest BCUT2D eigenvalue weighted by Gasteiger charge is -2.18. The lowest BCUT2D eigenvalue weighted by atomic mass is 10.0. The maximum absolute atomic E-state index is 12.9. The molecular formula is C62H120O6. The molecule has 0 saturated heterocycles. The van der Waals surface area contributed by atoms with Crippen molar-refractivity contribution in [2.45, 2.75) is 355 Å². The van der Waals surface area contributed by atoms with E-state index in [9.17, 15) is 14.4 Å². The predicted molar refractivity (Wildman–Crippen MR) is 293 cm³/mol. The molecule has 68 heavy (non-hydrogen) atoms. The lowest BCUT2D eigenvalue weighted by molar-refractivity contribution is -0.167. The second kappa shape index (κ2) is 54.7. The van der Waals surface area contributed by atoms with Crippen LogP contribution in [0, 0.1) is 11.8 Å². The molecule has 0 aliphatic rings. The monoisotopic (exact) mass is 961 g/mol. The number of carbonyl (C=O) groups excluding carboxylic acids is 3. The maximum atomic E-state index is 12.9. The van der Waals surface area contributed by atoms with Gasteiger partial charge in [0.1, 0.15) is 13.2 Å². The number of ether oxygens (including phenoxy) is 3. The van der Waals surface area contributed by atoms with Gasteiger partial charge in [-0.1, -0.05) is 311 Å². The molecule has 0 rings (SSSR count). The minimum Gasteiger partial charge on any atom is -0.462 e. The molecule has 404 valence electrons. The first kappa shape index (κ1) is 66.4. The molecule has 0 aromatic carbocycles. The van der Waals surface area contributed by atoms with Crippen LogP contribution in [0.25, 0.3) is 0 Å². The van der Waals surface area contributed by atoms with Crippen LogP contribution in [-0.4, -0.2) is 37.2 Å². The van der Waals surface area contributed by atoms with Crippen molar-refractivity contribution in [1.29, 1.82) is 0 Å². The fraction of sp³-hybridized carbons (Fsp3) is 0.952. The normalized spacial score (nSPS) is 12.0. The Morgan fingerprint density at radius 1 is 0.279 bits per heavy atom. The zero-order valence-corrected chi connectivity index (χ0v) is 46.7. The first-order chi connectivity index (χ1) is 33.2. The van der Waals surface area contributed by atoms with Crippen molar-refractivity contribution in [2.75, 3.05) is 13.2 Å². The van der Waals surface area contributed by atoms with E-state index in [0.29, 0.717) is 19.3 Å². The summed E-state index contributed by atoms with van der Waals surface area (Å²) in [5, 5.41) is 0. The van der Waals surface area contributed by atoms with Gasteiger partial charge in [-0.25, -0.2) is 0 Å². The molecule has 0 fully saturated rings. The largest absolute Gasteiger partial charge is 0.462 e. The number of hydrogen-bond acceptors (Lipinski definition) is 6. The van der Waals surface area contributed by atoms with Gasteiger partial charge in [-0.05, 0) is 31.1 Å². The van der Waals surface area contributed by atoms with Crippen molar-refractivity contribution in [3.63, 3.8) is 0 Å². The van der Waals surface area contributed by atoms with Crippen LogP contribution < -0.4 is 0 Å². The Kier molecular flexibility index (Phi) is 53.5. The van der Waals surface area contributed by atoms with Gasteiger partial charge in [-0.15, -0.1) is 0 Å². The molecule has 1 atom stereocenters. The minimum atomic E-state index is -0.763. The molecule has 6 heteroatoms. The first-order valence-corrected chi connectivity index (χ1v) is 30.7. The number of rotatable bonds is 56. The van der Waals surface area contributed by atoms with Crippen molar-refractivity contribution in [1.82, 2.24) is 0 Å². The second-order valence-corrected chi connectivity index (χ2v) is 22.3. The van der Waals surface area contributed by atoms with E-state index in [1.165, 1.54) is 238 Å². The summed E-state index contributed by atoms with van der Waals surface area (Å²) in [7, 11) is 0. The summed E-state index contributed by atoms with van der Waals surface area (Å²) < 4.78 is 16.9. The van der Waals surface area contributed by atoms with E-state index >= 15 is 0 Å². The fourth-order valence-corrected chi connectivity index (χ4v) is 9.58. The Labute approximate surface area is 425 Å². The van der Waals surface area contributed by atoms with Gasteiger partial charge in [0, 0.05) is 19.3 Å². The van der Waals surface area contributed by atoms with E-state index in [-0.39, 0.29) is 31.1 Å². The number of esters is 3. The van der Waals surface area contributed by atoms with Gasteiger partial charge in [-0.3, -0.25) is 14.4 Å². The van der Waals surface area contributed by atoms with E-state index in [0.717, 1.165) is 69.6 Å². The molecule has 0 aromatic rings. The maximum Gasteiger partial charge on any atom is 0.306 e. The summed E-state index contributed by atoms with van der Waals surface area (Å²) in [6.07, 6.45) is 59.8. The summed E-state index contributed by atoms with van der Waals surface area (Å²) in [5.74, 6) is 0.801. The third-order valence-corrected chi connectivity index (χ3v) is 14.2. The Hall–Kier alpha value is -1.59. The summed E-state index contributed by atoms with van der Waals surface area (Å²) in [6, 6.07) is 0. The van der Waals surface area contributed by atoms with Crippen LogP contribution in [0.2, 0.25) is 0 Å². The third-order valence-electron chi connectivity index (χ3n) is 14.2. The minimum absolute atomic E-state index is 0.0630. The Bertz CT molecular complexity index is 1040. The zero-order valence-electron chi connectivity index (χ0n) is 46.7. The average Bonchev–Trinajstić information content (AvgIpc) is 3.31. The molecule has 0 heterocycles. The second-order valence-electron chi connectivity index (χ2n) is 22.3. The van der Waals surface area contributed by atoms with Crippen LogP contribution in [0.4, 0.5) is 0 Å². The quantitative estimate of drug-likeness (QED) is 0.0343. The van der Waals surface area contributed by atoms with Crippen LogP contribution in [0.3, 0.4) is 0 Å². The number of hydrogen-bond donors (Lipinski definition) is 0. The summed E-state index contributed by atoms with van der Waals surface area (Å²) in [6.45, 7) is 11.4. The van der Waals surface area contributed by atoms with Crippen LogP contribution in [0.15, 0.2) is 0 Å². The highest BCUT2D eigenvalue weighted by Crippen LogP contribution is 2.19. The van der Waals surface area contributed by atoms with Crippen LogP contribution in [0.5, 0.6) is 0 Å². The topological polar surface area (TPSA) is 78.9 Å². The summed E-state index contributed by atoms with van der Waals surface area (Å²) in [4.78, 5) is 38.2. The summed E-state index contributed by atoms with van der Waals surface area (Å²) in [5.41, 5.74) is 0. The van der Waals surface area contributed by atoms with Gasteiger partial charge in [0.2, 0.25) is 0 Å². The van der Waals surface area contributed by atoms with Crippen LogP contribution in [0.1, 0.15) is 349 Å². The molecule has 0 aliphatic heterocycles. The van der Waals surface area contributed by atoms with Crippen molar-refractivity contribution in [2.24, 2.45) is 11.8 Å². The highest BCUT2D eigenvalue weighted by molar-refractivity contribution is 5.71. The Balaban J connectivity index is 4.20. The molecule has 0 radical (unpaired) electrons. The van der Waals surface area contributed by atoms with E-state index in [4.69, 9.17) is 14.2 Å². The average molecular weight is 962 g/mol. The highest BCUT2D eigenvalue weighted by atomic mass is 16.6. The van der Waals surface area contributed by atoms with Gasteiger partial charge < -0.3 is 14.2 Å². The lowest BCUT2D eigenvalue weighted by Crippen LogP contribution is -2.30. The van der Waals surface area contributed by atoms with Crippen LogP contribution >= 0.6 is 0 Å². The predicted octanol–water partition coefficient (Wildman–Crippen LogP) is 20.4. The van der Waals surface area contributed by atoms with E-state index in [1.807, 2.05) is 0 Å². The zero-order chi connectivity index (χ0) is 49.6. The molecule has 0 aliphatic carbocycles. The van der Waals surface area contributed by atoms with Gasteiger partial charge in [0.05, 0.1) is 0 Å².